The molecule has 0 bridgehead atoms. The van der Waals surface area contributed by atoms with Crippen molar-refractivity contribution in [3.8, 4) is 0 Å². The lowest BCUT2D eigenvalue weighted by Crippen LogP contribution is -2.39. The van der Waals surface area contributed by atoms with Gasteiger partial charge in [0.2, 0.25) is 0 Å². The van der Waals surface area contributed by atoms with E-state index in [0.29, 0.717) is 23.8 Å². The van der Waals surface area contributed by atoms with Crippen LogP contribution in [0.1, 0.15) is 41.9 Å². The normalized spacial score (nSPS) is 13.6. The highest BCUT2D eigenvalue weighted by Gasteiger charge is 2.28. The summed E-state index contributed by atoms with van der Waals surface area (Å²) in [6.07, 6.45) is 2.88. The lowest BCUT2D eigenvalue weighted by atomic mass is 9.95. The Morgan fingerprint density at radius 2 is 2.09 bits per heavy atom. The SMILES string of the molecule is CCCc1occc1C(=O)NCC(C)(O)c1ccc(F)cc1F. The van der Waals surface area contributed by atoms with Crippen LogP contribution in [-0.4, -0.2) is 17.6 Å². The third-order valence-electron chi connectivity index (χ3n) is 3.57. The number of aryl methyl sites for hydroxylation is 1. The summed E-state index contributed by atoms with van der Waals surface area (Å²) < 4.78 is 32.0. The molecule has 2 aromatic rings. The van der Waals surface area contributed by atoms with Gasteiger partial charge in [-0.05, 0) is 25.5 Å². The lowest BCUT2D eigenvalue weighted by Gasteiger charge is -2.24. The number of aliphatic hydroxyl groups is 1. The molecule has 0 saturated heterocycles. The standard InChI is InChI=1S/C17H19F2NO3/c1-3-4-15-12(7-8-23-15)16(21)20-10-17(2,22)13-6-5-11(18)9-14(13)19/h5-9,22H,3-4,10H2,1-2H3,(H,20,21). The maximum atomic E-state index is 13.8. The highest BCUT2D eigenvalue weighted by atomic mass is 19.1. The third kappa shape index (κ3) is 3.96. The lowest BCUT2D eigenvalue weighted by molar-refractivity contribution is 0.0494. The topological polar surface area (TPSA) is 62.5 Å². The van der Waals surface area contributed by atoms with Gasteiger partial charge in [0, 0.05) is 18.1 Å². The average Bonchev–Trinajstić information content (AvgIpc) is 2.93. The quantitative estimate of drug-likeness (QED) is 0.858. The minimum Gasteiger partial charge on any atom is -0.469 e. The van der Waals surface area contributed by atoms with E-state index in [1.807, 2.05) is 6.92 Å². The first-order valence-electron chi connectivity index (χ1n) is 7.37. The Kier molecular flexibility index (Phi) is 5.15. The molecule has 1 heterocycles. The Bertz CT molecular complexity index is 695. The largest absolute Gasteiger partial charge is 0.469 e. The van der Waals surface area contributed by atoms with E-state index in [1.165, 1.54) is 13.2 Å². The summed E-state index contributed by atoms with van der Waals surface area (Å²) in [5, 5.41) is 12.9. The summed E-state index contributed by atoms with van der Waals surface area (Å²) >= 11 is 0. The molecule has 4 nitrogen and oxygen atoms in total. The van der Waals surface area contributed by atoms with Gasteiger partial charge in [-0.15, -0.1) is 0 Å². The molecule has 2 rings (SSSR count). The van der Waals surface area contributed by atoms with Crippen LogP contribution >= 0.6 is 0 Å². The molecular formula is C17H19F2NO3. The number of carbonyl (C=O) groups is 1. The fourth-order valence-electron chi connectivity index (χ4n) is 2.33. The molecule has 0 fully saturated rings. The van der Waals surface area contributed by atoms with E-state index in [-0.39, 0.29) is 12.1 Å². The van der Waals surface area contributed by atoms with Gasteiger partial charge in [-0.2, -0.15) is 0 Å². The molecular weight excluding hydrogens is 304 g/mol. The van der Waals surface area contributed by atoms with Crippen LogP contribution < -0.4 is 5.32 Å². The predicted octanol–water partition coefficient (Wildman–Crippen LogP) is 3.15. The minimum atomic E-state index is -1.66. The van der Waals surface area contributed by atoms with Gasteiger partial charge in [0.15, 0.2) is 0 Å². The van der Waals surface area contributed by atoms with E-state index >= 15 is 0 Å². The van der Waals surface area contributed by atoms with Crippen molar-refractivity contribution in [1.82, 2.24) is 5.32 Å². The third-order valence-corrected chi connectivity index (χ3v) is 3.57. The Balaban J connectivity index is 2.09. The number of benzene rings is 1. The van der Waals surface area contributed by atoms with Crippen LogP contribution in [0.3, 0.4) is 0 Å². The van der Waals surface area contributed by atoms with E-state index in [1.54, 1.807) is 6.07 Å². The second kappa shape index (κ2) is 6.91. The van der Waals surface area contributed by atoms with Gasteiger partial charge in [0.1, 0.15) is 23.0 Å². The van der Waals surface area contributed by atoms with Crippen molar-refractivity contribution in [2.75, 3.05) is 6.54 Å². The first kappa shape index (κ1) is 17.1. The van der Waals surface area contributed by atoms with Crippen molar-refractivity contribution in [2.45, 2.75) is 32.3 Å². The van der Waals surface area contributed by atoms with Crippen LogP contribution in [0.5, 0.6) is 0 Å². The number of hydrogen-bond acceptors (Lipinski definition) is 3. The number of hydrogen-bond donors (Lipinski definition) is 2. The molecule has 0 saturated carbocycles. The molecule has 1 aromatic heterocycles. The number of furan rings is 1. The second-order valence-corrected chi connectivity index (χ2v) is 5.59. The molecule has 23 heavy (non-hydrogen) atoms. The molecule has 0 radical (unpaired) electrons. The number of nitrogens with one attached hydrogen (secondary N) is 1. The van der Waals surface area contributed by atoms with Crippen LogP contribution in [0.4, 0.5) is 8.78 Å². The fourth-order valence-corrected chi connectivity index (χ4v) is 2.33. The van der Waals surface area contributed by atoms with Crippen LogP contribution in [0.2, 0.25) is 0 Å². The molecule has 1 amide bonds. The maximum absolute atomic E-state index is 13.8. The van der Waals surface area contributed by atoms with Crippen molar-refractivity contribution in [2.24, 2.45) is 0 Å². The summed E-state index contributed by atoms with van der Waals surface area (Å²) in [5.74, 6) is -1.43. The predicted molar refractivity (Wildman–Crippen MR) is 81.0 cm³/mol. The first-order chi connectivity index (χ1) is 10.8. The zero-order chi connectivity index (χ0) is 17.0. The molecule has 0 spiro atoms. The Hall–Kier alpha value is -2.21. The van der Waals surface area contributed by atoms with Crippen LogP contribution in [0, 0.1) is 11.6 Å². The Morgan fingerprint density at radius 3 is 2.74 bits per heavy atom. The number of amides is 1. The summed E-state index contributed by atoms with van der Waals surface area (Å²) in [6, 6.07) is 4.47. The van der Waals surface area contributed by atoms with Gasteiger partial charge in [-0.25, -0.2) is 8.78 Å². The molecule has 1 atom stereocenters. The van der Waals surface area contributed by atoms with Gasteiger partial charge < -0.3 is 14.8 Å². The van der Waals surface area contributed by atoms with Crippen LogP contribution in [0.25, 0.3) is 0 Å². The highest BCUT2D eigenvalue weighted by Crippen LogP contribution is 2.24. The van der Waals surface area contributed by atoms with Crippen LogP contribution in [-0.2, 0) is 12.0 Å². The van der Waals surface area contributed by atoms with E-state index in [2.05, 4.69) is 5.32 Å². The van der Waals surface area contributed by atoms with Gasteiger partial charge in [0.05, 0.1) is 18.4 Å². The van der Waals surface area contributed by atoms with Crippen molar-refractivity contribution in [3.63, 3.8) is 0 Å². The molecule has 0 aliphatic carbocycles. The van der Waals surface area contributed by atoms with E-state index in [4.69, 9.17) is 4.42 Å². The fraction of sp³-hybridized carbons (Fsp3) is 0.353. The summed E-state index contributed by atoms with van der Waals surface area (Å²) in [5.41, 5.74) is -1.36. The maximum Gasteiger partial charge on any atom is 0.254 e. The minimum absolute atomic E-state index is 0.0832. The summed E-state index contributed by atoms with van der Waals surface area (Å²) in [7, 11) is 0. The molecule has 0 aliphatic heterocycles. The van der Waals surface area contributed by atoms with Crippen molar-refractivity contribution in [3.05, 3.63) is 59.1 Å². The van der Waals surface area contributed by atoms with Gasteiger partial charge >= 0.3 is 0 Å². The van der Waals surface area contributed by atoms with Gasteiger partial charge in [-0.3, -0.25) is 4.79 Å². The number of carbonyl (C=O) groups excluding carboxylic acids is 1. The van der Waals surface area contributed by atoms with E-state index in [9.17, 15) is 18.7 Å². The zero-order valence-corrected chi connectivity index (χ0v) is 13.0. The average molecular weight is 323 g/mol. The molecule has 1 unspecified atom stereocenters. The molecule has 2 N–H and O–H groups in total. The first-order valence-corrected chi connectivity index (χ1v) is 7.37. The summed E-state index contributed by atoms with van der Waals surface area (Å²) in [6.45, 7) is 3.10. The number of halogens is 2. The molecule has 0 aliphatic rings. The van der Waals surface area contributed by atoms with E-state index < -0.39 is 23.1 Å². The van der Waals surface area contributed by atoms with Crippen molar-refractivity contribution < 1.29 is 23.1 Å². The van der Waals surface area contributed by atoms with Crippen LogP contribution in [0.15, 0.2) is 34.9 Å². The monoisotopic (exact) mass is 323 g/mol. The zero-order valence-electron chi connectivity index (χ0n) is 13.0. The Labute approximate surface area is 133 Å². The number of rotatable bonds is 6. The second-order valence-electron chi connectivity index (χ2n) is 5.59. The van der Waals surface area contributed by atoms with Gasteiger partial charge in [-0.1, -0.05) is 13.0 Å². The van der Waals surface area contributed by atoms with Crippen molar-refractivity contribution >= 4 is 5.91 Å². The van der Waals surface area contributed by atoms with Gasteiger partial charge in [0.25, 0.3) is 5.91 Å². The highest BCUT2D eigenvalue weighted by molar-refractivity contribution is 5.95. The molecule has 6 heteroatoms. The summed E-state index contributed by atoms with van der Waals surface area (Å²) in [4.78, 5) is 12.2. The van der Waals surface area contributed by atoms with Crippen molar-refractivity contribution in [1.29, 1.82) is 0 Å². The molecule has 1 aromatic carbocycles. The van der Waals surface area contributed by atoms with E-state index in [0.717, 1.165) is 18.6 Å². The smallest absolute Gasteiger partial charge is 0.254 e. The molecule has 124 valence electrons. The Morgan fingerprint density at radius 1 is 1.35 bits per heavy atom.